The van der Waals surface area contributed by atoms with Crippen LogP contribution in [-0.4, -0.2) is 33.5 Å². The summed E-state index contributed by atoms with van der Waals surface area (Å²) in [5, 5.41) is 26.8. The Morgan fingerprint density at radius 3 is 2.43 bits per heavy atom. The van der Waals surface area contributed by atoms with E-state index >= 15 is 0 Å². The van der Waals surface area contributed by atoms with Gasteiger partial charge in [0.1, 0.15) is 0 Å². The van der Waals surface area contributed by atoms with Gasteiger partial charge in [-0.3, -0.25) is 0 Å². The molecule has 0 spiro atoms. The van der Waals surface area contributed by atoms with E-state index in [0.717, 1.165) is 0 Å². The lowest BCUT2D eigenvalue weighted by Crippen LogP contribution is -2.14. The molecule has 2 atom stereocenters. The molecule has 0 amide bonds. The first-order valence-electron chi connectivity index (χ1n) is 4.69. The van der Waals surface area contributed by atoms with E-state index < -0.39 is 18.2 Å². The van der Waals surface area contributed by atoms with Gasteiger partial charge in [0, 0.05) is 5.57 Å². The molecule has 0 aliphatic heterocycles. The van der Waals surface area contributed by atoms with Gasteiger partial charge in [0.2, 0.25) is 0 Å². The molecule has 0 fully saturated rings. The van der Waals surface area contributed by atoms with Crippen LogP contribution >= 0.6 is 0 Å². The third-order valence-corrected chi connectivity index (χ3v) is 1.90. The highest BCUT2D eigenvalue weighted by atomic mass is 16.4. The van der Waals surface area contributed by atoms with Crippen LogP contribution < -0.4 is 0 Å². The molecule has 4 heteroatoms. The van der Waals surface area contributed by atoms with Crippen molar-refractivity contribution >= 4 is 5.97 Å². The Hall–Kier alpha value is -0.870. The van der Waals surface area contributed by atoms with Crippen LogP contribution in [0.3, 0.4) is 0 Å². The number of aliphatic hydroxyl groups excluding tert-OH is 2. The average Bonchev–Trinajstić information content (AvgIpc) is 2.02. The highest BCUT2D eigenvalue weighted by Crippen LogP contribution is 2.07. The molecule has 0 saturated carbocycles. The van der Waals surface area contributed by atoms with Gasteiger partial charge in [0.05, 0.1) is 12.2 Å². The summed E-state index contributed by atoms with van der Waals surface area (Å²) in [7, 11) is 0. The Kier molecular flexibility index (Phi) is 6.16. The summed E-state index contributed by atoms with van der Waals surface area (Å²) in [5.74, 6) is -0.935. The highest BCUT2D eigenvalue weighted by molar-refractivity contribution is 5.85. The topological polar surface area (TPSA) is 77.8 Å². The molecule has 3 N–H and O–H groups in total. The maximum Gasteiger partial charge on any atom is 0.330 e. The van der Waals surface area contributed by atoms with E-state index in [2.05, 4.69) is 0 Å². The van der Waals surface area contributed by atoms with Crippen molar-refractivity contribution in [2.75, 3.05) is 0 Å². The molecule has 0 aromatic rings. The first-order valence-corrected chi connectivity index (χ1v) is 4.69. The Morgan fingerprint density at radius 2 is 2.00 bits per heavy atom. The number of aliphatic hydroxyl groups is 2. The molecule has 82 valence electrons. The van der Waals surface area contributed by atoms with Crippen LogP contribution in [0.1, 0.15) is 33.1 Å². The predicted octanol–water partition coefficient (Wildman–Crippen LogP) is 0.929. The Bertz CT molecular complexity index is 208. The third-order valence-electron chi connectivity index (χ3n) is 1.90. The molecule has 0 bridgehead atoms. The number of hydrogen-bond acceptors (Lipinski definition) is 3. The second-order valence-corrected chi connectivity index (χ2v) is 3.51. The number of aliphatic carboxylic acids is 1. The zero-order valence-corrected chi connectivity index (χ0v) is 8.60. The van der Waals surface area contributed by atoms with Crippen LogP contribution in [0, 0.1) is 0 Å². The second-order valence-electron chi connectivity index (χ2n) is 3.51. The fraction of sp³-hybridized carbons (Fsp3) is 0.700. The summed E-state index contributed by atoms with van der Waals surface area (Å²) in [4.78, 5) is 10.4. The Labute approximate surface area is 83.9 Å². The van der Waals surface area contributed by atoms with Crippen LogP contribution in [-0.2, 0) is 4.79 Å². The Balaban J connectivity index is 3.73. The van der Waals surface area contributed by atoms with Gasteiger partial charge in [0.15, 0.2) is 0 Å². The summed E-state index contributed by atoms with van der Waals surface area (Å²) >= 11 is 0. The van der Waals surface area contributed by atoms with Crippen molar-refractivity contribution in [3.63, 3.8) is 0 Å². The minimum atomic E-state index is -0.935. The first kappa shape index (κ1) is 13.1. The summed E-state index contributed by atoms with van der Waals surface area (Å²) < 4.78 is 0. The van der Waals surface area contributed by atoms with E-state index in [0.29, 0.717) is 19.3 Å². The number of rotatable bonds is 6. The van der Waals surface area contributed by atoms with Crippen molar-refractivity contribution < 1.29 is 20.1 Å². The molecular weight excluding hydrogens is 184 g/mol. The normalized spacial score (nSPS) is 16.4. The maximum atomic E-state index is 10.4. The SMILES string of the molecule is C/C(=C\CC[C@@H](O)C[C@@H](C)O)C(=O)O. The predicted molar refractivity (Wildman–Crippen MR) is 52.9 cm³/mol. The fourth-order valence-corrected chi connectivity index (χ4v) is 1.09. The van der Waals surface area contributed by atoms with Crippen molar-refractivity contribution in [3.8, 4) is 0 Å². The summed E-state index contributed by atoms with van der Waals surface area (Å²) in [5.41, 5.74) is 0.286. The van der Waals surface area contributed by atoms with E-state index in [1.54, 1.807) is 13.0 Å². The molecule has 0 saturated heterocycles. The molecule has 4 nitrogen and oxygen atoms in total. The molecule has 0 unspecified atom stereocenters. The van der Waals surface area contributed by atoms with E-state index in [-0.39, 0.29) is 5.57 Å². The Morgan fingerprint density at radius 1 is 1.43 bits per heavy atom. The van der Waals surface area contributed by atoms with E-state index in [9.17, 15) is 9.90 Å². The molecular formula is C10H18O4. The van der Waals surface area contributed by atoms with Crippen molar-refractivity contribution in [3.05, 3.63) is 11.6 Å². The van der Waals surface area contributed by atoms with Crippen LogP contribution in [0.15, 0.2) is 11.6 Å². The van der Waals surface area contributed by atoms with Gasteiger partial charge in [-0.15, -0.1) is 0 Å². The van der Waals surface area contributed by atoms with Gasteiger partial charge in [-0.1, -0.05) is 6.08 Å². The first-order chi connectivity index (χ1) is 6.43. The van der Waals surface area contributed by atoms with E-state index in [1.165, 1.54) is 6.92 Å². The van der Waals surface area contributed by atoms with Gasteiger partial charge in [-0.05, 0) is 33.1 Å². The lowest BCUT2D eigenvalue weighted by Gasteiger charge is -2.10. The molecule has 0 rings (SSSR count). The van der Waals surface area contributed by atoms with Gasteiger partial charge in [-0.25, -0.2) is 4.79 Å². The van der Waals surface area contributed by atoms with Crippen LogP contribution in [0.5, 0.6) is 0 Å². The van der Waals surface area contributed by atoms with Crippen molar-refractivity contribution in [2.45, 2.75) is 45.3 Å². The quantitative estimate of drug-likeness (QED) is 0.560. The summed E-state index contributed by atoms with van der Waals surface area (Å²) in [6, 6.07) is 0. The monoisotopic (exact) mass is 202 g/mol. The zero-order chi connectivity index (χ0) is 11.1. The number of carbonyl (C=O) groups is 1. The van der Waals surface area contributed by atoms with Crippen molar-refractivity contribution in [1.29, 1.82) is 0 Å². The molecule has 0 radical (unpaired) electrons. The molecule has 0 aliphatic carbocycles. The van der Waals surface area contributed by atoms with Crippen molar-refractivity contribution in [2.24, 2.45) is 0 Å². The lowest BCUT2D eigenvalue weighted by atomic mass is 10.1. The summed E-state index contributed by atoms with van der Waals surface area (Å²) in [6.07, 6.45) is 1.83. The fourth-order valence-electron chi connectivity index (χ4n) is 1.09. The standard InChI is InChI=1S/C10H18O4/c1-7(10(13)14)4-3-5-9(12)6-8(2)11/h4,8-9,11-12H,3,5-6H2,1-2H3,(H,13,14)/b7-4+/t8-,9-/m1/s1. The van der Waals surface area contributed by atoms with E-state index in [1.807, 2.05) is 0 Å². The van der Waals surface area contributed by atoms with Gasteiger partial charge in [0.25, 0.3) is 0 Å². The minimum absolute atomic E-state index is 0.286. The van der Waals surface area contributed by atoms with Crippen molar-refractivity contribution in [1.82, 2.24) is 0 Å². The van der Waals surface area contributed by atoms with Gasteiger partial charge >= 0.3 is 5.97 Å². The number of allylic oxidation sites excluding steroid dienone is 1. The molecule has 0 aromatic heterocycles. The second kappa shape index (κ2) is 6.56. The van der Waals surface area contributed by atoms with Crippen LogP contribution in [0.4, 0.5) is 0 Å². The van der Waals surface area contributed by atoms with Gasteiger partial charge in [-0.2, -0.15) is 0 Å². The lowest BCUT2D eigenvalue weighted by molar-refractivity contribution is -0.132. The van der Waals surface area contributed by atoms with Crippen LogP contribution in [0.2, 0.25) is 0 Å². The van der Waals surface area contributed by atoms with Crippen LogP contribution in [0.25, 0.3) is 0 Å². The molecule has 0 aliphatic rings. The summed E-state index contributed by atoms with van der Waals surface area (Å²) in [6.45, 7) is 3.13. The number of hydrogen-bond donors (Lipinski definition) is 3. The van der Waals surface area contributed by atoms with Gasteiger partial charge < -0.3 is 15.3 Å². The highest BCUT2D eigenvalue weighted by Gasteiger charge is 2.07. The average molecular weight is 202 g/mol. The van der Waals surface area contributed by atoms with E-state index in [4.69, 9.17) is 10.2 Å². The largest absolute Gasteiger partial charge is 0.478 e. The third kappa shape index (κ3) is 6.62. The number of carboxylic acid groups (broad SMARTS) is 1. The number of carboxylic acids is 1. The smallest absolute Gasteiger partial charge is 0.330 e. The molecule has 0 aromatic carbocycles. The zero-order valence-electron chi connectivity index (χ0n) is 8.60. The molecule has 14 heavy (non-hydrogen) atoms. The minimum Gasteiger partial charge on any atom is -0.478 e. The molecule has 0 heterocycles. The maximum absolute atomic E-state index is 10.4.